The Hall–Kier alpha value is -1.43. The monoisotopic (exact) mass is 278 g/mol. The summed E-state index contributed by atoms with van der Waals surface area (Å²) in [5.74, 6) is 2.30. The van der Waals surface area contributed by atoms with Crippen molar-refractivity contribution in [1.82, 2.24) is 19.7 Å². The Kier molecular flexibility index (Phi) is 3.74. The van der Waals surface area contributed by atoms with E-state index in [-0.39, 0.29) is 12.0 Å². The maximum atomic E-state index is 11.7. The van der Waals surface area contributed by atoms with Crippen molar-refractivity contribution in [2.45, 2.75) is 45.7 Å². The average Bonchev–Trinajstić information content (AvgIpc) is 2.96. The van der Waals surface area contributed by atoms with E-state index in [1.54, 1.807) is 0 Å². The fourth-order valence-electron chi connectivity index (χ4n) is 3.33. The number of carbonyl (C=O) groups excluding carboxylic acids is 1. The topological polar surface area (TPSA) is 60.2 Å². The van der Waals surface area contributed by atoms with Gasteiger partial charge in [-0.1, -0.05) is 0 Å². The molecule has 1 aromatic heterocycles. The first kappa shape index (κ1) is 13.5. The van der Waals surface area contributed by atoms with Gasteiger partial charge in [-0.3, -0.25) is 9.69 Å². The molecule has 0 aliphatic carbocycles. The average molecular weight is 278 g/mol. The minimum absolute atomic E-state index is 0.0172. The van der Waals surface area contributed by atoms with Gasteiger partial charge in [-0.25, -0.2) is 9.67 Å². The molecule has 2 aliphatic rings. The van der Waals surface area contributed by atoms with E-state index in [4.69, 9.17) is 4.74 Å². The lowest BCUT2D eigenvalue weighted by Crippen LogP contribution is -2.45. The number of esters is 1. The summed E-state index contributed by atoms with van der Waals surface area (Å²) < 4.78 is 7.08. The Morgan fingerprint density at radius 2 is 2.20 bits per heavy atom. The third kappa shape index (κ3) is 2.70. The normalized spacial score (nSPS) is 27.8. The van der Waals surface area contributed by atoms with Gasteiger partial charge in [0.05, 0.1) is 6.61 Å². The third-order valence-electron chi connectivity index (χ3n) is 4.29. The highest BCUT2D eigenvalue weighted by Crippen LogP contribution is 2.24. The van der Waals surface area contributed by atoms with Crippen molar-refractivity contribution < 1.29 is 9.53 Å². The quantitative estimate of drug-likeness (QED) is 0.770. The maximum absolute atomic E-state index is 11.7. The lowest BCUT2D eigenvalue weighted by Gasteiger charge is -2.35. The summed E-state index contributed by atoms with van der Waals surface area (Å²) in [7, 11) is 0. The summed E-state index contributed by atoms with van der Waals surface area (Å²) in [6.07, 6.45) is 3.17. The fraction of sp³-hybridized carbons (Fsp3) is 0.786. The predicted molar refractivity (Wildman–Crippen MR) is 73.2 cm³/mol. The number of piperidine rings is 1. The SMILES string of the molecule is Cc1nc(C)n(C[C@@H]2CCCN([C@H]3CCOC3=O)C2)n1. The van der Waals surface area contributed by atoms with Crippen molar-refractivity contribution >= 4 is 5.97 Å². The van der Waals surface area contributed by atoms with Crippen LogP contribution in [0.15, 0.2) is 0 Å². The highest BCUT2D eigenvalue weighted by molar-refractivity contribution is 5.77. The number of carbonyl (C=O) groups is 1. The van der Waals surface area contributed by atoms with Gasteiger partial charge >= 0.3 is 5.97 Å². The van der Waals surface area contributed by atoms with Crippen LogP contribution in [0.25, 0.3) is 0 Å². The van der Waals surface area contributed by atoms with Crippen LogP contribution in [0.2, 0.25) is 0 Å². The van der Waals surface area contributed by atoms with Crippen LogP contribution < -0.4 is 0 Å². The van der Waals surface area contributed by atoms with E-state index >= 15 is 0 Å². The second-order valence-electron chi connectivity index (χ2n) is 5.86. The molecule has 0 aromatic carbocycles. The Morgan fingerprint density at radius 3 is 2.85 bits per heavy atom. The molecule has 0 radical (unpaired) electrons. The Labute approximate surface area is 119 Å². The number of likely N-dealkylation sites (tertiary alicyclic amines) is 1. The molecule has 110 valence electrons. The van der Waals surface area contributed by atoms with Crippen LogP contribution >= 0.6 is 0 Å². The van der Waals surface area contributed by atoms with E-state index < -0.39 is 0 Å². The zero-order valence-electron chi connectivity index (χ0n) is 12.2. The molecule has 1 aromatic rings. The van der Waals surface area contributed by atoms with Gasteiger partial charge in [0, 0.05) is 19.5 Å². The van der Waals surface area contributed by atoms with Gasteiger partial charge in [-0.2, -0.15) is 5.10 Å². The van der Waals surface area contributed by atoms with Crippen molar-refractivity contribution in [2.24, 2.45) is 5.92 Å². The summed E-state index contributed by atoms with van der Waals surface area (Å²) in [6, 6.07) is -0.0172. The van der Waals surface area contributed by atoms with Crippen molar-refractivity contribution in [3.63, 3.8) is 0 Å². The minimum Gasteiger partial charge on any atom is -0.464 e. The van der Waals surface area contributed by atoms with Crippen LogP contribution in [0.4, 0.5) is 0 Å². The molecule has 0 unspecified atom stereocenters. The van der Waals surface area contributed by atoms with E-state index in [2.05, 4.69) is 15.0 Å². The molecule has 2 aliphatic heterocycles. The van der Waals surface area contributed by atoms with Crippen molar-refractivity contribution in [2.75, 3.05) is 19.7 Å². The molecule has 6 nitrogen and oxygen atoms in total. The predicted octanol–water partition coefficient (Wildman–Crippen LogP) is 0.922. The van der Waals surface area contributed by atoms with E-state index in [9.17, 15) is 4.79 Å². The van der Waals surface area contributed by atoms with E-state index in [1.807, 2.05) is 18.5 Å². The molecule has 2 saturated heterocycles. The largest absolute Gasteiger partial charge is 0.464 e. The maximum Gasteiger partial charge on any atom is 0.323 e. The molecular formula is C14H22N4O2. The first-order chi connectivity index (χ1) is 9.63. The second-order valence-corrected chi connectivity index (χ2v) is 5.86. The lowest BCUT2D eigenvalue weighted by atomic mass is 9.96. The van der Waals surface area contributed by atoms with Crippen molar-refractivity contribution in [3.05, 3.63) is 11.6 Å². The summed E-state index contributed by atoms with van der Waals surface area (Å²) in [6.45, 7) is 7.35. The number of aryl methyl sites for hydroxylation is 2. The summed E-state index contributed by atoms with van der Waals surface area (Å²) >= 11 is 0. The van der Waals surface area contributed by atoms with Gasteiger partial charge in [-0.15, -0.1) is 0 Å². The van der Waals surface area contributed by atoms with Crippen LogP contribution in [0.5, 0.6) is 0 Å². The van der Waals surface area contributed by atoms with Gasteiger partial charge in [0.25, 0.3) is 0 Å². The molecule has 0 N–H and O–H groups in total. The standard InChI is InChI=1S/C14H22N4O2/c1-10-15-11(2)18(16-10)9-12-4-3-6-17(8-12)13-5-7-20-14(13)19/h12-13H,3-9H2,1-2H3/t12-,13+/m1/s1. The smallest absolute Gasteiger partial charge is 0.323 e. The van der Waals surface area contributed by atoms with Crippen molar-refractivity contribution in [3.8, 4) is 0 Å². The van der Waals surface area contributed by atoms with Crippen LogP contribution in [0.3, 0.4) is 0 Å². The molecule has 20 heavy (non-hydrogen) atoms. The minimum atomic E-state index is -0.0431. The van der Waals surface area contributed by atoms with E-state index in [1.165, 1.54) is 6.42 Å². The number of ether oxygens (including phenoxy) is 1. The number of nitrogens with zero attached hydrogens (tertiary/aromatic N) is 4. The fourth-order valence-corrected chi connectivity index (χ4v) is 3.33. The van der Waals surface area contributed by atoms with E-state index in [0.29, 0.717) is 12.5 Å². The van der Waals surface area contributed by atoms with Gasteiger partial charge in [-0.05, 0) is 39.2 Å². The van der Waals surface area contributed by atoms with Crippen LogP contribution in [-0.2, 0) is 16.1 Å². The molecule has 0 saturated carbocycles. The van der Waals surface area contributed by atoms with Crippen molar-refractivity contribution in [1.29, 1.82) is 0 Å². The molecule has 0 amide bonds. The molecule has 2 fully saturated rings. The Balaban J connectivity index is 1.63. The molecule has 3 heterocycles. The number of cyclic esters (lactones) is 1. The second kappa shape index (κ2) is 5.52. The first-order valence-corrected chi connectivity index (χ1v) is 7.42. The summed E-state index contributed by atoms with van der Waals surface area (Å²) in [4.78, 5) is 18.3. The number of hydrogen-bond acceptors (Lipinski definition) is 5. The Bertz CT molecular complexity index is 499. The zero-order chi connectivity index (χ0) is 14.1. The summed E-state index contributed by atoms with van der Waals surface area (Å²) in [5.41, 5.74) is 0. The van der Waals surface area contributed by atoms with Crippen LogP contribution in [0, 0.1) is 19.8 Å². The van der Waals surface area contributed by atoms with Gasteiger partial charge in [0.15, 0.2) is 0 Å². The van der Waals surface area contributed by atoms with E-state index in [0.717, 1.165) is 44.1 Å². The van der Waals surface area contributed by atoms with Crippen LogP contribution in [0.1, 0.15) is 30.9 Å². The van der Waals surface area contributed by atoms with Gasteiger partial charge in [0.2, 0.25) is 0 Å². The number of rotatable bonds is 3. The molecule has 0 bridgehead atoms. The molecule has 2 atom stereocenters. The molecular weight excluding hydrogens is 256 g/mol. The highest BCUT2D eigenvalue weighted by Gasteiger charge is 2.35. The molecule has 6 heteroatoms. The first-order valence-electron chi connectivity index (χ1n) is 7.42. The molecule has 3 rings (SSSR count). The van der Waals surface area contributed by atoms with Crippen LogP contribution in [-0.4, -0.2) is 51.4 Å². The van der Waals surface area contributed by atoms with Gasteiger partial charge < -0.3 is 4.74 Å². The molecule has 0 spiro atoms. The number of aromatic nitrogens is 3. The summed E-state index contributed by atoms with van der Waals surface area (Å²) in [5, 5.41) is 4.44. The highest BCUT2D eigenvalue weighted by atomic mass is 16.5. The Morgan fingerprint density at radius 1 is 1.35 bits per heavy atom. The number of hydrogen-bond donors (Lipinski definition) is 0. The zero-order valence-corrected chi connectivity index (χ0v) is 12.2. The third-order valence-corrected chi connectivity index (χ3v) is 4.29. The van der Waals surface area contributed by atoms with Gasteiger partial charge in [0.1, 0.15) is 17.7 Å². The lowest BCUT2D eigenvalue weighted by molar-refractivity contribution is -0.142.